The Hall–Kier alpha value is -0.940. The van der Waals surface area contributed by atoms with Gasteiger partial charge < -0.3 is 9.84 Å². The SMILES string of the molecule is CC1CCCC(Cc2nc(C3CNCCN3C)no2)C1. The van der Waals surface area contributed by atoms with E-state index < -0.39 is 0 Å². The molecule has 0 bridgehead atoms. The Morgan fingerprint density at radius 2 is 2.30 bits per heavy atom. The molecule has 2 aliphatic rings. The Balaban J connectivity index is 1.61. The Labute approximate surface area is 121 Å². The molecule has 0 amide bonds. The molecule has 1 N–H and O–H groups in total. The van der Waals surface area contributed by atoms with Crippen LogP contribution in [0.4, 0.5) is 0 Å². The van der Waals surface area contributed by atoms with E-state index in [9.17, 15) is 0 Å². The topological polar surface area (TPSA) is 54.2 Å². The molecule has 1 aliphatic heterocycles. The van der Waals surface area contributed by atoms with Crippen LogP contribution in [0.15, 0.2) is 4.52 Å². The third kappa shape index (κ3) is 3.20. The van der Waals surface area contributed by atoms with Gasteiger partial charge in [0.25, 0.3) is 0 Å². The minimum Gasteiger partial charge on any atom is -0.339 e. The van der Waals surface area contributed by atoms with Gasteiger partial charge in [0.1, 0.15) is 0 Å². The van der Waals surface area contributed by atoms with Gasteiger partial charge in [-0.1, -0.05) is 24.9 Å². The summed E-state index contributed by atoms with van der Waals surface area (Å²) in [5.74, 6) is 3.26. The van der Waals surface area contributed by atoms with Crippen LogP contribution in [-0.4, -0.2) is 41.7 Å². The quantitative estimate of drug-likeness (QED) is 0.916. The van der Waals surface area contributed by atoms with Crippen molar-refractivity contribution >= 4 is 0 Å². The van der Waals surface area contributed by atoms with Crippen LogP contribution in [0.1, 0.15) is 50.4 Å². The summed E-state index contributed by atoms with van der Waals surface area (Å²) in [5.41, 5.74) is 0. The molecule has 112 valence electrons. The molecular formula is C15H26N4O. The molecule has 2 heterocycles. The van der Waals surface area contributed by atoms with Gasteiger partial charge in [-0.15, -0.1) is 0 Å². The summed E-state index contributed by atoms with van der Waals surface area (Å²) >= 11 is 0. The molecule has 5 nitrogen and oxygen atoms in total. The molecule has 2 fully saturated rings. The Morgan fingerprint density at radius 1 is 1.40 bits per heavy atom. The molecule has 3 rings (SSSR count). The number of hydrogen-bond donors (Lipinski definition) is 1. The van der Waals surface area contributed by atoms with Crippen molar-refractivity contribution in [3.63, 3.8) is 0 Å². The fourth-order valence-corrected chi connectivity index (χ4v) is 3.57. The third-order valence-electron chi connectivity index (χ3n) is 4.80. The van der Waals surface area contributed by atoms with Crippen molar-refractivity contribution in [3.05, 3.63) is 11.7 Å². The van der Waals surface area contributed by atoms with Gasteiger partial charge in [0.2, 0.25) is 5.89 Å². The molecule has 0 radical (unpaired) electrons. The summed E-state index contributed by atoms with van der Waals surface area (Å²) < 4.78 is 5.49. The molecule has 0 spiro atoms. The van der Waals surface area contributed by atoms with Crippen molar-refractivity contribution in [1.29, 1.82) is 0 Å². The van der Waals surface area contributed by atoms with Crippen LogP contribution in [0.2, 0.25) is 0 Å². The van der Waals surface area contributed by atoms with Crippen molar-refractivity contribution < 1.29 is 4.52 Å². The molecule has 1 aromatic rings. The van der Waals surface area contributed by atoms with Gasteiger partial charge in [0.05, 0.1) is 6.04 Å². The average molecular weight is 278 g/mol. The van der Waals surface area contributed by atoms with E-state index in [2.05, 4.69) is 34.3 Å². The van der Waals surface area contributed by atoms with E-state index in [0.29, 0.717) is 0 Å². The number of aromatic nitrogens is 2. The zero-order valence-corrected chi connectivity index (χ0v) is 12.6. The number of piperazine rings is 1. The molecule has 1 aliphatic carbocycles. The molecular weight excluding hydrogens is 252 g/mol. The number of hydrogen-bond acceptors (Lipinski definition) is 5. The van der Waals surface area contributed by atoms with Crippen LogP contribution in [0.5, 0.6) is 0 Å². The van der Waals surface area contributed by atoms with E-state index in [-0.39, 0.29) is 6.04 Å². The summed E-state index contributed by atoms with van der Waals surface area (Å²) in [4.78, 5) is 6.94. The van der Waals surface area contributed by atoms with Crippen molar-refractivity contribution in [1.82, 2.24) is 20.4 Å². The largest absolute Gasteiger partial charge is 0.339 e. The number of nitrogens with zero attached hydrogens (tertiary/aromatic N) is 3. The zero-order valence-electron chi connectivity index (χ0n) is 12.6. The van der Waals surface area contributed by atoms with Gasteiger partial charge in [-0.2, -0.15) is 4.98 Å². The van der Waals surface area contributed by atoms with E-state index >= 15 is 0 Å². The Morgan fingerprint density at radius 3 is 3.10 bits per heavy atom. The summed E-state index contributed by atoms with van der Waals surface area (Å²) in [5, 5.41) is 7.60. The van der Waals surface area contributed by atoms with Crippen LogP contribution in [0, 0.1) is 11.8 Å². The van der Waals surface area contributed by atoms with Crippen LogP contribution >= 0.6 is 0 Å². The minimum atomic E-state index is 0.256. The van der Waals surface area contributed by atoms with E-state index in [1.54, 1.807) is 0 Å². The molecule has 5 heteroatoms. The molecule has 3 unspecified atom stereocenters. The third-order valence-corrected chi connectivity index (χ3v) is 4.80. The molecule has 1 saturated heterocycles. The van der Waals surface area contributed by atoms with Crippen molar-refractivity contribution in [2.45, 2.75) is 45.1 Å². The normalized spacial score (nSPS) is 32.4. The van der Waals surface area contributed by atoms with Crippen LogP contribution in [0.3, 0.4) is 0 Å². The van der Waals surface area contributed by atoms with Crippen molar-refractivity contribution in [2.24, 2.45) is 11.8 Å². The van der Waals surface area contributed by atoms with Crippen LogP contribution in [-0.2, 0) is 6.42 Å². The predicted octanol–water partition coefficient (Wildman–Crippen LogP) is 2.01. The maximum Gasteiger partial charge on any atom is 0.226 e. The Kier molecular flexibility index (Phi) is 4.36. The first-order valence-electron chi connectivity index (χ1n) is 7.96. The van der Waals surface area contributed by atoms with Gasteiger partial charge in [0, 0.05) is 26.1 Å². The van der Waals surface area contributed by atoms with Gasteiger partial charge in [-0.3, -0.25) is 4.90 Å². The van der Waals surface area contributed by atoms with E-state index in [1.807, 2.05) is 0 Å². The number of likely N-dealkylation sites (N-methyl/N-ethyl adjacent to an activating group) is 1. The summed E-state index contributed by atoms with van der Waals surface area (Å²) in [6.07, 6.45) is 6.31. The highest BCUT2D eigenvalue weighted by molar-refractivity contribution is 4.98. The maximum atomic E-state index is 5.49. The molecule has 1 aromatic heterocycles. The maximum absolute atomic E-state index is 5.49. The van der Waals surface area contributed by atoms with Crippen LogP contribution < -0.4 is 5.32 Å². The summed E-state index contributed by atoms with van der Waals surface area (Å²) in [6, 6.07) is 0.256. The highest BCUT2D eigenvalue weighted by Gasteiger charge is 2.26. The lowest BCUT2D eigenvalue weighted by Crippen LogP contribution is -2.44. The van der Waals surface area contributed by atoms with E-state index in [4.69, 9.17) is 4.52 Å². The van der Waals surface area contributed by atoms with E-state index in [1.165, 1.54) is 25.7 Å². The molecule has 20 heavy (non-hydrogen) atoms. The van der Waals surface area contributed by atoms with E-state index in [0.717, 1.165) is 49.6 Å². The second-order valence-corrected chi connectivity index (χ2v) is 6.59. The number of nitrogens with one attached hydrogen (secondary N) is 1. The summed E-state index contributed by atoms with van der Waals surface area (Å²) in [7, 11) is 2.13. The van der Waals surface area contributed by atoms with Gasteiger partial charge in [0.15, 0.2) is 5.82 Å². The smallest absolute Gasteiger partial charge is 0.226 e. The predicted molar refractivity (Wildman–Crippen MR) is 77.4 cm³/mol. The summed E-state index contributed by atoms with van der Waals surface area (Å²) in [6.45, 7) is 5.34. The highest BCUT2D eigenvalue weighted by Crippen LogP contribution is 2.31. The van der Waals surface area contributed by atoms with Crippen molar-refractivity contribution in [3.8, 4) is 0 Å². The Bertz CT molecular complexity index is 433. The highest BCUT2D eigenvalue weighted by atomic mass is 16.5. The fourth-order valence-electron chi connectivity index (χ4n) is 3.57. The lowest BCUT2D eigenvalue weighted by atomic mass is 9.81. The first-order valence-corrected chi connectivity index (χ1v) is 7.96. The van der Waals surface area contributed by atoms with Gasteiger partial charge in [-0.25, -0.2) is 0 Å². The lowest BCUT2D eigenvalue weighted by Gasteiger charge is -2.30. The average Bonchev–Trinajstić information content (AvgIpc) is 2.87. The first-order chi connectivity index (χ1) is 9.72. The molecule has 0 aromatic carbocycles. The van der Waals surface area contributed by atoms with Crippen molar-refractivity contribution in [2.75, 3.05) is 26.7 Å². The minimum absolute atomic E-state index is 0.256. The van der Waals surface area contributed by atoms with Gasteiger partial charge >= 0.3 is 0 Å². The number of rotatable bonds is 3. The zero-order chi connectivity index (χ0) is 13.9. The first kappa shape index (κ1) is 14.0. The standard InChI is InChI=1S/C15H26N4O/c1-11-4-3-5-12(8-11)9-14-17-15(18-20-14)13-10-16-6-7-19(13)2/h11-13,16H,3-10H2,1-2H3. The monoisotopic (exact) mass is 278 g/mol. The van der Waals surface area contributed by atoms with Gasteiger partial charge in [-0.05, 0) is 31.7 Å². The molecule has 1 saturated carbocycles. The second-order valence-electron chi connectivity index (χ2n) is 6.59. The second kappa shape index (κ2) is 6.22. The molecule has 3 atom stereocenters. The fraction of sp³-hybridized carbons (Fsp3) is 0.867. The lowest BCUT2D eigenvalue weighted by molar-refractivity contribution is 0.190. The van der Waals surface area contributed by atoms with Crippen LogP contribution in [0.25, 0.3) is 0 Å².